The van der Waals surface area contributed by atoms with Crippen LogP contribution >= 0.6 is 0 Å². The highest BCUT2D eigenvalue weighted by Crippen LogP contribution is 2.32. The van der Waals surface area contributed by atoms with Gasteiger partial charge in [-0.25, -0.2) is 19.2 Å². The average Bonchev–Trinajstić information content (AvgIpc) is 3.28. The van der Waals surface area contributed by atoms with E-state index in [0.29, 0.717) is 46.1 Å². The molecule has 0 saturated carbocycles. The maximum absolute atomic E-state index is 13.8. The Balaban J connectivity index is 1.52. The van der Waals surface area contributed by atoms with Crippen LogP contribution in [0, 0.1) is 5.82 Å². The summed E-state index contributed by atoms with van der Waals surface area (Å²) < 4.78 is 52.3. The van der Waals surface area contributed by atoms with Gasteiger partial charge in [0.1, 0.15) is 11.6 Å². The molecule has 3 heterocycles. The summed E-state index contributed by atoms with van der Waals surface area (Å²) in [6.45, 7) is 0. The van der Waals surface area contributed by atoms with E-state index in [1.54, 1.807) is 12.1 Å². The molecule has 4 rings (SSSR count). The number of nitrogens with zero attached hydrogens (tertiary/aromatic N) is 3. The zero-order valence-corrected chi connectivity index (χ0v) is 17.3. The Morgan fingerprint density at radius 2 is 1.82 bits per heavy atom. The first-order chi connectivity index (χ1) is 16.2. The van der Waals surface area contributed by atoms with Crippen molar-refractivity contribution in [1.29, 1.82) is 0 Å². The highest BCUT2D eigenvalue weighted by Gasteiger charge is 2.31. The number of alkyl halides is 3. The van der Waals surface area contributed by atoms with Gasteiger partial charge in [-0.1, -0.05) is 0 Å². The molecule has 0 atom stereocenters. The van der Waals surface area contributed by atoms with Crippen molar-refractivity contribution in [1.82, 2.24) is 25.5 Å². The second-order valence-electron chi connectivity index (χ2n) is 6.97. The number of H-pyrrole nitrogens is 1. The number of urea groups is 1. The van der Waals surface area contributed by atoms with Crippen LogP contribution in [0.3, 0.4) is 0 Å². The number of anilines is 2. The number of rotatable bonds is 4. The molecule has 0 radical (unpaired) electrons. The van der Waals surface area contributed by atoms with E-state index < -0.39 is 29.3 Å². The highest BCUT2D eigenvalue weighted by atomic mass is 19.4. The Labute approximate surface area is 188 Å². The van der Waals surface area contributed by atoms with Crippen molar-refractivity contribution >= 4 is 34.5 Å². The van der Waals surface area contributed by atoms with Crippen molar-refractivity contribution in [2.45, 2.75) is 6.18 Å². The zero-order valence-electron chi connectivity index (χ0n) is 17.3. The summed E-state index contributed by atoms with van der Waals surface area (Å²) in [6, 6.07) is 5.22. The number of carbonyl (C=O) groups is 2. The molecule has 34 heavy (non-hydrogen) atoms. The number of pyridine rings is 2. The lowest BCUT2D eigenvalue weighted by molar-refractivity contribution is -0.137. The molecule has 0 spiro atoms. The molecule has 0 unspecified atom stereocenters. The zero-order chi connectivity index (χ0) is 24.5. The van der Waals surface area contributed by atoms with Crippen LogP contribution in [0.2, 0.25) is 0 Å². The summed E-state index contributed by atoms with van der Waals surface area (Å²) in [5, 5.41) is 14.0. The highest BCUT2D eigenvalue weighted by molar-refractivity contribution is 6.06. The number of aromatic amines is 1. The van der Waals surface area contributed by atoms with Crippen LogP contribution < -0.4 is 16.0 Å². The topological polar surface area (TPSA) is 125 Å². The van der Waals surface area contributed by atoms with Gasteiger partial charge in [-0.15, -0.1) is 0 Å². The maximum Gasteiger partial charge on any atom is 0.416 e. The molecule has 0 aliphatic rings. The molecule has 0 bridgehead atoms. The van der Waals surface area contributed by atoms with Crippen molar-refractivity contribution in [3.63, 3.8) is 0 Å². The molecule has 4 N–H and O–H groups in total. The van der Waals surface area contributed by atoms with Gasteiger partial charge in [0.2, 0.25) is 0 Å². The summed E-state index contributed by atoms with van der Waals surface area (Å²) in [6.07, 6.45) is -1.84. The summed E-state index contributed by atoms with van der Waals surface area (Å²) in [4.78, 5) is 32.8. The molecule has 3 amide bonds. The van der Waals surface area contributed by atoms with Crippen molar-refractivity contribution in [2.75, 3.05) is 17.7 Å². The molecular formula is C21H15F4N7O2. The standard InChI is InChI=1S/C21H15F4N7O2/c1-26-19(33)12-7-15(29-18-13(12)9-28-32-18)10-2-5-17(27-8-10)31-20(34)30-16-6-11(21(23,24)25)3-4-14(16)22/h2-9H,1H3,(H,26,33)(H,28,29,32)(H2,27,30,31,34). The minimum absolute atomic E-state index is 0.0442. The fourth-order valence-electron chi connectivity index (χ4n) is 3.09. The third-order valence-corrected chi connectivity index (χ3v) is 4.74. The molecular weight excluding hydrogens is 458 g/mol. The van der Waals surface area contributed by atoms with E-state index in [9.17, 15) is 27.2 Å². The minimum Gasteiger partial charge on any atom is -0.355 e. The predicted molar refractivity (Wildman–Crippen MR) is 115 cm³/mol. The van der Waals surface area contributed by atoms with E-state index >= 15 is 0 Å². The molecule has 0 aliphatic carbocycles. The van der Waals surface area contributed by atoms with Gasteiger partial charge in [0, 0.05) is 18.8 Å². The van der Waals surface area contributed by atoms with Gasteiger partial charge in [0.05, 0.1) is 34.1 Å². The second kappa shape index (κ2) is 8.77. The number of hydrogen-bond donors (Lipinski definition) is 4. The van der Waals surface area contributed by atoms with Gasteiger partial charge in [0.25, 0.3) is 5.91 Å². The monoisotopic (exact) mass is 473 g/mol. The largest absolute Gasteiger partial charge is 0.416 e. The van der Waals surface area contributed by atoms with Crippen molar-refractivity contribution < 1.29 is 27.2 Å². The SMILES string of the molecule is CNC(=O)c1cc(-c2ccc(NC(=O)Nc3cc(C(F)(F)F)ccc3F)nc2)nc2[nH]ncc12. The summed E-state index contributed by atoms with van der Waals surface area (Å²) >= 11 is 0. The smallest absolute Gasteiger partial charge is 0.355 e. The molecule has 3 aromatic heterocycles. The molecule has 9 nitrogen and oxygen atoms in total. The van der Waals surface area contributed by atoms with Gasteiger partial charge in [0.15, 0.2) is 5.65 Å². The maximum atomic E-state index is 13.8. The third kappa shape index (κ3) is 4.62. The van der Waals surface area contributed by atoms with Crippen molar-refractivity contribution in [2.24, 2.45) is 0 Å². The van der Waals surface area contributed by atoms with Crippen molar-refractivity contribution in [3.8, 4) is 11.3 Å². The van der Waals surface area contributed by atoms with Gasteiger partial charge >= 0.3 is 12.2 Å². The minimum atomic E-state index is -4.69. The van der Waals surface area contributed by atoms with E-state index in [1.165, 1.54) is 25.5 Å². The summed E-state index contributed by atoms with van der Waals surface area (Å²) in [7, 11) is 1.49. The third-order valence-electron chi connectivity index (χ3n) is 4.74. The molecule has 0 fully saturated rings. The lowest BCUT2D eigenvalue weighted by atomic mass is 10.1. The first-order valence-corrected chi connectivity index (χ1v) is 9.63. The van der Waals surface area contributed by atoms with E-state index in [4.69, 9.17) is 0 Å². The Bertz CT molecular complexity index is 1380. The molecule has 174 valence electrons. The van der Waals surface area contributed by atoms with Gasteiger partial charge < -0.3 is 10.6 Å². The first kappa shape index (κ1) is 22.6. The predicted octanol–water partition coefficient (Wildman–Crippen LogP) is 4.18. The summed E-state index contributed by atoms with van der Waals surface area (Å²) in [5.41, 5.74) is -0.0876. The van der Waals surface area contributed by atoms with Gasteiger partial charge in [-0.2, -0.15) is 18.3 Å². The number of amides is 3. The number of fused-ring (bicyclic) bond motifs is 1. The summed E-state index contributed by atoms with van der Waals surface area (Å²) in [5.74, 6) is -1.32. The van der Waals surface area contributed by atoms with Crippen LogP contribution in [0.4, 0.5) is 33.9 Å². The molecule has 0 aliphatic heterocycles. The number of benzene rings is 1. The average molecular weight is 473 g/mol. The van der Waals surface area contributed by atoms with Gasteiger partial charge in [-0.3, -0.25) is 15.2 Å². The van der Waals surface area contributed by atoms with Crippen LogP contribution in [0.15, 0.2) is 48.8 Å². The van der Waals surface area contributed by atoms with E-state index in [1.807, 2.05) is 5.32 Å². The van der Waals surface area contributed by atoms with E-state index in [0.717, 1.165) is 0 Å². The second-order valence-corrected chi connectivity index (χ2v) is 6.97. The van der Waals surface area contributed by atoms with Gasteiger partial charge in [-0.05, 0) is 36.4 Å². The van der Waals surface area contributed by atoms with Crippen LogP contribution in [0.1, 0.15) is 15.9 Å². The number of nitrogens with one attached hydrogen (secondary N) is 4. The Morgan fingerprint density at radius 3 is 2.50 bits per heavy atom. The molecule has 0 saturated heterocycles. The lowest BCUT2D eigenvalue weighted by Gasteiger charge is -2.12. The Hall–Kier alpha value is -4.55. The molecule has 4 aromatic rings. The number of halogens is 4. The van der Waals surface area contributed by atoms with Crippen LogP contribution in [0.5, 0.6) is 0 Å². The van der Waals surface area contributed by atoms with Crippen LogP contribution in [0.25, 0.3) is 22.3 Å². The Kier molecular flexibility index (Phi) is 5.84. The first-order valence-electron chi connectivity index (χ1n) is 9.63. The van der Waals surface area contributed by atoms with Crippen LogP contribution in [-0.4, -0.2) is 39.2 Å². The molecule has 1 aromatic carbocycles. The fraction of sp³-hybridized carbons (Fsp3) is 0.0952. The number of aromatic nitrogens is 4. The fourth-order valence-corrected chi connectivity index (χ4v) is 3.09. The lowest BCUT2D eigenvalue weighted by Crippen LogP contribution is -2.21. The number of carbonyl (C=O) groups excluding carboxylic acids is 2. The molecule has 13 heteroatoms. The Morgan fingerprint density at radius 1 is 1.03 bits per heavy atom. The van der Waals surface area contributed by atoms with E-state index in [2.05, 4.69) is 30.8 Å². The number of hydrogen-bond acceptors (Lipinski definition) is 5. The normalized spacial score (nSPS) is 11.3. The van der Waals surface area contributed by atoms with Crippen LogP contribution in [-0.2, 0) is 6.18 Å². The quantitative estimate of drug-likeness (QED) is 0.331. The van der Waals surface area contributed by atoms with Crippen molar-refractivity contribution in [3.05, 3.63) is 65.7 Å². The van der Waals surface area contributed by atoms with E-state index in [-0.39, 0.29) is 11.7 Å².